The SMILES string of the molecule is CN(Cc1n[nH]c2c1CCC2)C(=O)[C@@H](c1ccc2c(c1)OCO2)N(C)C. The Morgan fingerprint density at radius 1 is 1.23 bits per heavy atom. The van der Waals surface area contributed by atoms with E-state index in [-0.39, 0.29) is 18.7 Å². The minimum Gasteiger partial charge on any atom is -0.454 e. The van der Waals surface area contributed by atoms with E-state index < -0.39 is 0 Å². The van der Waals surface area contributed by atoms with Gasteiger partial charge in [-0.1, -0.05) is 6.07 Å². The highest BCUT2D eigenvalue weighted by Crippen LogP contribution is 2.35. The van der Waals surface area contributed by atoms with E-state index in [4.69, 9.17) is 9.47 Å². The number of fused-ring (bicyclic) bond motifs is 2. The number of hydrogen-bond donors (Lipinski definition) is 1. The molecule has 0 spiro atoms. The van der Waals surface area contributed by atoms with E-state index in [0.717, 1.165) is 36.3 Å². The van der Waals surface area contributed by atoms with Gasteiger partial charge in [0.2, 0.25) is 12.7 Å². The first-order chi connectivity index (χ1) is 12.5. The third-order valence-electron chi connectivity index (χ3n) is 5.12. The summed E-state index contributed by atoms with van der Waals surface area (Å²) in [4.78, 5) is 16.9. The number of rotatable bonds is 5. The van der Waals surface area contributed by atoms with Crippen molar-refractivity contribution in [1.29, 1.82) is 0 Å². The zero-order valence-electron chi connectivity index (χ0n) is 15.4. The van der Waals surface area contributed by atoms with Crippen molar-refractivity contribution in [3.8, 4) is 11.5 Å². The van der Waals surface area contributed by atoms with Crippen LogP contribution in [0, 0.1) is 0 Å². The first-order valence-electron chi connectivity index (χ1n) is 8.90. The standard InChI is InChI=1S/C19H24N4O3/c1-22(2)18(12-7-8-16-17(9-12)26-11-25-16)19(24)23(3)10-15-13-5-4-6-14(13)20-21-15/h7-9,18H,4-6,10-11H2,1-3H3,(H,20,21)/t18-/m1/s1. The number of hydrogen-bond acceptors (Lipinski definition) is 5. The zero-order chi connectivity index (χ0) is 18.3. The van der Waals surface area contributed by atoms with Crippen LogP contribution in [0.15, 0.2) is 18.2 Å². The van der Waals surface area contributed by atoms with E-state index in [1.165, 1.54) is 11.3 Å². The second-order valence-electron chi connectivity index (χ2n) is 7.15. The van der Waals surface area contributed by atoms with Crippen molar-refractivity contribution < 1.29 is 14.3 Å². The predicted octanol–water partition coefficient (Wildman–Crippen LogP) is 1.89. The van der Waals surface area contributed by atoms with E-state index in [1.54, 1.807) is 4.90 Å². The summed E-state index contributed by atoms with van der Waals surface area (Å²) in [7, 11) is 5.66. The molecule has 1 atom stereocenters. The molecule has 2 aliphatic rings. The predicted molar refractivity (Wildman–Crippen MR) is 96.1 cm³/mol. The number of ether oxygens (including phenoxy) is 2. The normalized spacial score (nSPS) is 16.0. The molecule has 0 saturated heterocycles. The molecule has 0 unspecified atom stereocenters. The Kier molecular flexibility index (Phi) is 4.32. The maximum absolute atomic E-state index is 13.2. The largest absolute Gasteiger partial charge is 0.454 e. The second-order valence-corrected chi connectivity index (χ2v) is 7.15. The van der Waals surface area contributed by atoms with Crippen LogP contribution < -0.4 is 9.47 Å². The van der Waals surface area contributed by atoms with Gasteiger partial charge in [-0.25, -0.2) is 0 Å². The Bertz CT molecular complexity index is 830. The number of aryl methyl sites for hydroxylation is 1. The highest BCUT2D eigenvalue weighted by molar-refractivity contribution is 5.83. The number of aromatic nitrogens is 2. The molecule has 1 amide bonds. The third kappa shape index (κ3) is 2.92. The minimum absolute atomic E-state index is 0.0311. The summed E-state index contributed by atoms with van der Waals surface area (Å²) >= 11 is 0. The lowest BCUT2D eigenvalue weighted by atomic mass is 10.0. The molecule has 7 heteroatoms. The van der Waals surface area contributed by atoms with Gasteiger partial charge in [-0.05, 0) is 56.6 Å². The second kappa shape index (κ2) is 6.64. The van der Waals surface area contributed by atoms with Crippen molar-refractivity contribution in [1.82, 2.24) is 20.0 Å². The third-order valence-corrected chi connectivity index (χ3v) is 5.12. The maximum atomic E-state index is 13.2. The maximum Gasteiger partial charge on any atom is 0.244 e. The van der Waals surface area contributed by atoms with E-state index in [2.05, 4.69) is 10.2 Å². The summed E-state index contributed by atoms with van der Waals surface area (Å²) in [6.45, 7) is 0.739. The van der Waals surface area contributed by atoms with Crippen molar-refractivity contribution in [2.45, 2.75) is 31.8 Å². The number of nitrogens with zero attached hydrogens (tertiary/aromatic N) is 3. The molecule has 1 aliphatic carbocycles. The van der Waals surface area contributed by atoms with Crippen LogP contribution in [-0.2, 0) is 24.2 Å². The summed E-state index contributed by atoms with van der Waals surface area (Å²) in [6, 6.07) is 5.30. The number of amides is 1. The van der Waals surface area contributed by atoms with Gasteiger partial charge in [-0.2, -0.15) is 5.10 Å². The molecule has 4 rings (SSSR count). The van der Waals surface area contributed by atoms with Crippen molar-refractivity contribution >= 4 is 5.91 Å². The Labute approximate surface area is 152 Å². The molecule has 0 radical (unpaired) electrons. The minimum atomic E-state index is -0.388. The molecule has 2 heterocycles. The molecule has 0 fully saturated rings. The number of H-pyrrole nitrogens is 1. The van der Waals surface area contributed by atoms with Gasteiger partial charge in [0.1, 0.15) is 6.04 Å². The Morgan fingerprint density at radius 2 is 2.04 bits per heavy atom. The average Bonchev–Trinajstić information content (AvgIpc) is 3.32. The van der Waals surface area contributed by atoms with Crippen LogP contribution in [0.4, 0.5) is 0 Å². The lowest BCUT2D eigenvalue weighted by molar-refractivity contribution is -0.135. The first-order valence-corrected chi connectivity index (χ1v) is 8.90. The highest BCUT2D eigenvalue weighted by atomic mass is 16.7. The summed E-state index contributed by atoms with van der Waals surface area (Å²) in [5, 5.41) is 7.53. The van der Waals surface area contributed by atoms with Crippen molar-refractivity contribution in [3.63, 3.8) is 0 Å². The molecule has 26 heavy (non-hydrogen) atoms. The van der Waals surface area contributed by atoms with E-state index in [0.29, 0.717) is 12.3 Å². The number of benzene rings is 1. The molecule has 138 valence electrons. The Hall–Kier alpha value is -2.54. The summed E-state index contributed by atoms with van der Waals surface area (Å²) in [5.74, 6) is 1.44. The van der Waals surface area contributed by atoms with Crippen LogP contribution >= 0.6 is 0 Å². The Morgan fingerprint density at radius 3 is 2.85 bits per heavy atom. The molecular weight excluding hydrogens is 332 g/mol. The number of likely N-dealkylation sites (N-methyl/N-ethyl adjacent to an activating group) is 2. The molecule has 2 aromatic rings. The summed E-state index contributed by atoms with van der Waals surface area (Å²) < 4.78 is 10.8. The summed E-state index contributed by atoms with van der Waals surface area (Å²) in [6.07, 6.45) is 3.26. The molecule has 0 bridgehead atoms. The number of carbonyl (C=O) groups is 1. The topological polar surface area (TPSA) is 70.7 Å². The van der Waals surface area contributed by atoms with Crippen LogP contribution in [0.25, 0.3) is 0 Å². The van der Waals surface area contributed by atoms with Crippen molar-refractivity contribution in [2.75, 3.05) is 27.9 Å². The van der Waals surface area contributed by atoms with E-state index >= 15 is 0 Å². The van der Waals surface area contributed by atoms with E-state index in [1.807, 2.05) is 44.2 Å². The molecule has 0 saturated carbocycles. The quantitative estimate of drug-likeness (QED) is 0.886. The van der Waals surface area contributed by atoms with Crippen molar-refractivity contribution in [2.24, 2.45) is 0 Å². The smallest absolute Gasteiger partial charge is 0.244 e. The van der Waals surface area contributed by atoms with Crippen LogP contribution in [-0.4, -0.2) is 53.8 Å². The lowest BCUT2D eigenvalue weighted by Crippen LogP contribution is -2.38. The molecule has 1 aliphatic heterocycles. The fourth-order valence-electron chi connectivity index (χ4n) is 3.77. The molecule has 1 aromatic heterocycles. The summed E-state index contributed by atoms with van der Waals surface area (Å²) in [5.41, 5.74) is 4.38. The van der Waals surface area contributed by atoms with Gasteiger partial charge in [0.15, 0.2) is 11.5 Å². The fourth-order valence-corrected chi connectivity index (χ4v) is 3.77. The fraction of sp³-hybridized carbons (Fsp3) is 0.474. The lowest BCUT2D eigenvalue weighted by Gasteiger charge is -2.28. The van der Waals surface area contributed by atoms with Gasteiger partial charge < -0.3 is 14.4 Å². The molecular formula is C19H24N4O3. The number of carbonyl (C=O) groups excluding carboxylic acids is 1. The highest BCUT2D eigenvalue weighted by Gasteiger charge is 2.29. The van der Waals surface area contributed by atoms with Gasteiger partial charge in [0, 0.05) is 12.7 Å². The first kappa shape index (κ1) is 16.9. The van der Waals surface area contributed by atoms with Gasteiger partial charge in [-0.15, -0.1) is 0 Å². The van der Waals surface area contributed by atoms with Crippen LogP contribution in [0.3, 0.4) is 0 Å². The van der Waals surface area contributed by atoms with Gasteiger partial charge >= 0.3 is 0 Å². The molecule has 1 N–H and O–H groups in total. The van der Waals surface area contributed by atoms with Crippen LogP contribution in [0.2, 0.25) is 0 Å². The van der Waals surface area contributed by atoms with Gasteiger partial charge in [0.25, 0.3) is 0 Å². The van der Waals surface area contributed by atoms with Crippen molar-refractivity contribution in [3.05, 3.63) is 40.7 Å². The zero-order valence-corrected chi connectivity index (χ0v) is 15.4. The average molecular weight is 356 g/mol. The van der Waals surface area contributed by atoms with Gasteiger partial charge in [-0.3, -0.25) is 14.8 Å². The number of nitrogens with one attached hydrogen (secondary N) is 1. The van der Waals surface area contributed by atoms with Gasteiger partial charge in [0.05, 0.1) is 12.2 Å². The monoisotopic (exact) mass is 356 g/mol. The molecule has 7 nitrogen and oxygen atoms in total. The van der Waals surface area contributed by atoms with Crippen LogP contribution in [0.5, 0.6) is 11.5 Å². The van der Waals surface area contributed by atoms with Crippen LogP contribution in [0.1, 0.15) is 35.0 Å². The Balaban J connectivity index is 1.55. The van der Waals surface area contributed by atoms with E-state index in [9.17, 15) is 4.79 Å². The molecule has 1 aromatic carbocycles. The number of aromatic amines is 1.